The Hall–Kier alpha value is -0.650. The minimum Gasteiger partial charge on any atom is -0.394 e. The summed E-state index contributed by atoms with van der Waals surface area (Å²) >= 11 is 3.31. The number of hydrogen-bond donors (Lipinski definition) is 3. The van der Waals surface area contributed by atoms with E-state index in [-0.39, 0.29) is 19.3 Å². The van der Waals surface area contributed by atoms with Crippen LogP contribution in [-0.2, 0) is 0 Å². The van der Waals surface area contributed by atoms with Crippen LogP contribution in [0.15, 0.2) is 16.7 Å². The standard InChI is InChI=1S/C9H13BrN2O2/c1-6-2-7(10)3-11-9(6)12-8(4-13)5-14/h2-3,8,13-14H,4-5H2,1H3,(H,11,12). The van der Waals surface area contributed by atoms with E-state index in [0.29, 0.717) is 5.82 Å². The van der Waals surface area contributed by atoms with Crippen LogP contribution < -0.4 is 5.32 Å². The largest absolute Gasteiger partial charge is 0.394 e. The molecule has 1 aromatic heterocycles. The first-order valence-corrected chi connectivity index (χ1v) is 5.07. The Labute approximate surface area is 91.1 Å². The number of aromatic nitrogens is 1. The molecule has 1 heterocycles. The van der Waals surface area contributed by atoms with Crippen molar-refractivity contribution in [2.24, 2.45) is 0 Å². The Kier molecular flexibility index (Phi) is 4.31. The Morgan fingerprint density at radius 2 is 2.14 bits per heavy atom. The smallest absolute Gasteiger partial charge is 0.129 e. The first-order chi connectivity index (χ1) is 6.67. The van der Waals surface area contributed by atoms with Gasteiger partial charge in [-0.15, -0.1) is 0 Å². The Bertz CT molecular complexity index is 303. The summed E-state index contributed by atoms with van der Waals surface area (Å²) in [6, 6.07) is 1.56. The fourth-order valence-electron chi connectivity index (χ4n) is 1.03. The second-order valence-electron chi connectivity index (χ2n) is 3.03. The molecule has 4 nitrogen and oxygen atoms in total. The van der Waals surface area contributed by atoms with Gasteiger partial charge in [-0.05, 0) is 34.5 Å². The molecule has 0 saturated carbocycles. The van der Waals surface area contributed by atoms with Crippen LogP contribution in [0.5, 0.6) is 0 Å². The number of nitrogens with one attached hydrogen (secondary N) is 1. The fourth-order valence-corrected chi connectivity index (χ4v) is 1.48. The van der Waals surface area contributed by atoms with Crippen molar-refractivity contribution in [3.8, 4) is 0 Å². The quantitative estimate of drug-likeness (QED) is 0.754. The number of aryl methyl sites for hydroxylation is 1. The summed E-state index contributed by atoms with van der Waals surface area (Å²) in [4.78, 5) is 4.13. The van der Waals surface area contributed by atoms with Gasteiger partial charge in [-0.3, -0.25) is 0 Å². The van der Waals surface area contributed by atoms with E-state index in [2.05, 4.69) is 26.2 Å². The van der Waals surface area contributed by atoms with E-state index >= 15 is 0 Å². The lowest BCUT2D eigenvalue weighted by atomic mass is 10.2. The van der Waals surface area contributed by atoms with E-state index in [0.717, 1.165) is 10.0 Å². The van der Waals surface area contributed by atoms with Crippen molar-refractivity contribution in [1.82, 2.24) is 4.98 Å². The molecule has 0 amide bonds. The molecule has 0 aromatic carbocycles. The third-order valence-corrected chi connectivity index (χ3v) is 2.26. The SMILES string of the molecule is Cc1cc(Br)cnc1NC(CO)CO. The molecule has 1 aromatic rings. The average molecular weight is 261 g/mol. The predicted molar refractivity (Wildman–Crippen MR) is 58.3 cm³/mol. The van der Waals surface area contributed by atoms with Crippen molar-refractivity contribution in [1.29, 1.82) is 0 Å². The Morgan fingerprint density at radius 3 is 2.64 bits per heavy atom. The molecular weight excluding hydrogens is 248 g/mol. The number of anilines is 1. The molecule has 0 saturated heterocycles. The summed E-state index contributed by atoms with van der Waals surface area (Å²) in [5, 5.41) is 20.7. The highest BCUT2D eigenvalue weighted by molar-refractivity contribution is 9.10. The van der Waals surface area contributed by atoms with Crippen LogP contribution in [-0.4, -0.2) is 34.5 Å². The lowest BCUT2D eigenvalue weighted by Crippen LogP contribution is -2.28. The highest BCUT2D eigenvalue weighted by atomic mass is 79.9. The topological polar surface area (TPSA) is 65.4 Å². The minimum atomic E-state index is -0.359. The summed E-state index contributed by atoms with van der Waals surface area (Å²) in [6.07, 6.45) is 1.67. The third kappa shape index (κ3) is 2.94. The Balaban J connectivity index is 2.76. The van der Waals surface area contributed by atoms with Gasteiger partial charge in [0.15, 0.2) is 0 Å². The van der Waals surface area contributed by atoms with Gasteiger partial charge >= 0.3 is 0 Å². The molecule has 78 valence electrons. The molecule has 0 aliphatic rings. The van der Waals surface area contributed by atoms with Gasteiger partial charge in [0, 0.05) is 10.7 Å². The fraction of sp³-hybridized carbons (Fsp3) is 0.444. The molecule has 0 unspecified atom stereocenters. The average Bonchev–Trinajstić information content (AvgIpc) is 2.17. The van der Waals surface area contributed by atoms with Gasteiger partial charge in [-0.2, -0.15) is 0 Å². The predicted octanol–water partition coefficient (Wildman–Crippen LogP) is 0.918. The second kappa shape index (κ2) is 5.29. The molecule has 5 heteroatoms. The van der Waals surface area contributed by atoms with Crippen molar-refractivity contribution >= 4 is 21.7 Å². The van der Waals surface area contributed by atoms with E-state index in [9.17, 15) is 0 Å². The molecule has 1 rings (SSSR count). The van der Waals surface area contributed by atoms with Crippen LogP contribution in [0.3, 0.4) is 0 Å². The number of hydrogen-bond acceptors (Lipinski definition) is 4. The van der Waals surface area contributed by atoms with Crippen LogP contribution >= 0.6 is 15.9 Å². The molecule has 0 aliphatic carbocycles. The number of nitrogens with zero attached hydrogens (tertiary/aromatic N) is 1. The lowest BCUT2D eigenvalue weighted by Gasteiger charge is -2.15. The van der Waals surface area contributed by atoms with Gasteiger partial charge in [0.05, 0.1) is 19.3 Å². The van der Waals surface area contributed by atoms with Crippen molar-refractivity contribution in [2.75, 3.05) is 18.5 Å². The zero-order chi connectivity index (χ0) is 10.6. The van der Waals surface area contributed by atoms with E-state index < -0.39 is 0 Å². The number of aliphatic hydroxyl groups is 2. The van der Waals surface area contributed by atoms with Crippen LogP contribution in [0.2, 0.25) is 0 Å². The number of rotatable bonds is 4. The van der Waals surface area contributed by atoms with Gasteiger partial charge in [0.1, 0.15) is 5.82 Å². The lowest BCUT2D eigenvalue weighted by molar-refractivity contribution is 0.203. The van der Waals surface area contributed by atoms with Gasteiger partial charge in [0.2, 0.25) is 0 Å². The minimum absolute atomic E-state index is 0.117. The van der Waals surface area contributed by atoms with E-state index in [1.54, 1.807) is 6.20 Å². The van der Waals surface area contributed by atoms with Gasteiger partial charge in [0.25, 0.3) is 0 Å². The molecule has 14 heavy (non-hydrogen) atoms. The van der Waals surface area contributed by atoms with Crippen LogP contribution in [0, 0.1) is 6.92 Å². The summed E-state index contributed by atoms with van der Waals surface area (Å²) in [7, 11) is 0. The highest BCUT2D eigenvalue weighted by Crippen LogP contribution is 2.17. The molecule has 0 fully saturated rings. The summed E-state index contributed by atoms with van der Waals surface area (Å²) in [5.41, 5.74) is 0.964. The summed E-state index contributed by atoms with van der Waals surface area (Å²) in [5.74, 6) is 0.682. The zero-order valence-corrected chi connectivity index (χ0v) is 9.45. The van der Waals surface area contributed by atoms with Crippen molar-refractivity contribution in [3.05, 3.63) is 22.3 Å². The van der Waals surface area contributed by atoms with Crippen molar-refractivity contribution < 1.29 is 10.2 Å². The van der Waals surface area contributed by atoms with Crippen LogP contribution in [0.4, 0.5) is 5.82 Å². The zero-order valence-electron chi connectivity index (χ0n) is 7.87. The molecule has 0 aliphatic heterocycles. The molecule has 0 radical (unpaired) electrons. The van der Waals surface area contributed by atoms with Gasteiger partial charge < -0.3 is 15.5 Å². The Morgan fingerprint density at radius 1 is 1.50 bits per heavy atom. The molecule has 0 atom stereocenters. The monoisotopic (exact) mass is 260 g/mol. The normalized spacial score (nSPS) is 10.6. The van der Waals surface area contributed by atoms with Crippen LogP contribution in [0.1, 0.15) is 5.56 Å². The maximum absolute atomic E-state index is 8.87. The van der Waals surface area contributed by atoms with Crippen molar-refractivity contribution in [2.45, 2.75) is 13.0 Å². The highest BCUT2D eigenvalue weighted by Gasteiger charge is 2.07. The number of halogens is 1. The van der Waals surface area contributed by atoms with Crippen molar-refractivity contribution in [3.63, 3.8) is 0 Å². The van der Waals surface area contributed by atoms with E-state index in [4.69, 9.17) is 10.2 Å². The number of aliphatic hydroxyl groups excluding tert-OH is 2. The first-order valence-electron chi connectivity index (χ1n) is 4.27. The van der Waals surface area contributed by atoms with Crippen LogP contribution in [0.25, 0.3) is 0 Å². The van der Waals surface area contributed by atoms with E-state index in [1.807, 2.05) is 13.0 Å². The van der Waals surface area contributed by atoms with Gasteiger partial charge in [-0.25, -0.2) is 4.98 Å². The molecule has 0 bridgehead atoms. The maximum atomic E-state index is 8.87. The van der Waals surface area contributed by atoms with E-state index in [1.165, 1.54) is 0 Å². The molecular formula is C9H13BrN2O2. The third-order valence-electron chi connectivity index (χ3n) is 1.83. The molecule has 0 spiro atoms. The summed E-state index contributed by atoms with van der Waals surface area (Å²) in [6.45, 7) is 1.67. The van der Waals surface area contributed by atoms with Gasteiger partial charge in [-0.1, -0.05) is 0 Å². The number of pyridine rings is 1. The summed E-state index contributed by atoms with van der Waals surface area (Å²) < 4.78 is 0.907. The first kappa shape index (κ1) is 11.4. The second-order valence-corrected chi connectivity index (χ2v) is 3.94. The molecule has 3 N–H and O–H groups in total. The maximum Gasteiger partial charge on any atom is 0.129 e.